The van der Waals surface area contributed by atoms with Gasteiger partial charge in [-0.15, -0.1) is 11.3 Å². The maximum absolute atomic E-state index is 14.0. The highest BCUT2D eigenvalue weighted by Crippen LogP contribution is 2.33. The SMILES string of the molecule is Cc1ncsc1-c1ccc([C@H](C)NC(=O)[C@@H]2CCCN2C(=O)[C@@H](c2cc(NCCNC[C@@H]3CCCN(C(=O)OC(C)(C)C)C3)no2)C(C)C)cc1. The Balaban J connectivity index is 1.10. The molecule has 13 heteroatoms. The quantitative estimate of drug-likeness (QED) is 0.172. The fourth-order valence-electron chi connectivity index (χ4n) is 6.94. The minimum atomic E-state index is -0.557. The number of hydrogen-bond donors (Lipinski definition) is 3. The number of aromatic nitrogens is 2. The topological polar surface area (TPSA) is 142 Å². The average Bonchev–Trinajstić information content (AvgIpc) is 3.86. The van der Waals surface area contributed by atoms with Crippen LogP contribution >= 0.6 is 11.3 Å². The van der Waals surface area contributed by atoms with Crippen LogP contribution in [0.2, 0.25) is 0 Å². The molecular formula is C38H55N7O5S. The third-order valence-electron chi connectivity index (χ3n) is 9.59. The zero-order chi connectivity index (χ0) is 36.7. The van der Waals surface area contributed by atoms with E-state index in [1.807, 2.05) is 71.0 Å². The Kier molecular flexibility index (Phi) is 12.8. The number of piperidine rings is 1. The van der Waals surface area contributed by atoms with Crippen molar-refractivity contribution in [1.82, 2.24) is 30.6 Å². The van der Waals surface area contributed by atoms with E-state index in [2.05, 4.69) is 38.2 Å². The van der Waals surface area contributed by atoms with Gasteiger partial charge in [0.25, 0.3) is 0 Å². The first-order chi connectivity index (χ1) is 24.3. The number of anilines is 1. The molecule has 2 fully saturated rings. The zero-order valence-corrected chi connectivity index (χ0v) is 32.0. The van der Waals surface area contributed by atoms with E-state index in [4.69, 9.17) is 9.26 Å². The van der Waals surface area contributed by atoms with Crippen molar-refractivity contribution in [3.8, 4) is 10.4 Å². The van der Waals surface area contributed by atoms with Gasteiger partial charge in [0, 0.05) is 38.8 Å². The van der Waals surface area contributed by atoms with Crippen LogP contribution in [0.3, 0.4) is 0 Å². The molecule has 12 nitrogen and oxygen atoms in total. The summed E-state index contributed by atoms with van der Waals surface area (Å²) in [6, 6.07) is 9.26. The molecule has 4 heterocycles. The van der Waals surface area contributed by atoms with Crippen LogP contribution in [0, 0.1) is 18.8 Å². The van der Waals surface area contributed by atoms with E-state index >= 15 is 0 Å². The smallest absolute Gasteiger partial charge is 0.410 e. The number of carbonyl (C=O) groups excluding carboxylic acids is 3. The summed E-state index contributed by atoms with van der Waals surface area (Å²) >= 11 is 1.61. The van der Waals surface area contributed by atoms with Crippen LogP contribution in [0.25, 0.3) is 10.4 Å². The van der Waals surface area contributed by atoms with Crippen LogP contribution in [0.15, 0.2) is 40.4 Å². The van der Waals surface area contributed by atoms with Crippen LogP contribution in [-0.2, 0) is 14.3 Å². The summed E-state index contributed by atoms with van der Waals surface area (Å²) in [6.45, 7) is 17.7. The van der Waals surface area contributed by atoms with Crippen molar-refractivity contribution >= 4 is 35.1 Å². The van der Waals surface area contributed by atoms with Crippen molar-refractivity contribution < 1.29 is 23.6 Å². The number of carbonyl (C=O) groups is 3. The van der Waals surface area contributed by atoms with E-state index in [0.717, 1.165) is 54.0 Å². The van der Waals surface area contributed by atoms with Crippen LogP contribution in [0.1, 0.15) is 96.2 Å². The van der Waals surface area contributed by atoms with E-state index in [1.165, 1.54) is 0 Å². The summed E-state index contributed by atoms with van der Waals surface area (Å²) in [5.74, 6) is 0.561. The number of benzene rings is 1. The molecule has 3 N–H and O–H groups in total. The number of nitrogens with zero attached hydrogens (tertiary/aromatic N) is 4. The first kappa shape index (κ1) is 38.3. The zero-order valence-electron chi connectivity index (χ0n) is 31.2. The Morgan fingerprint density at radius 3 is 2.49 bits per heavy atom. The molecule has 1 aromatic carbocycles. The van der Waals surface area contributed by atoms with E-state index < -0.39 is 17.6 Å². The maximum atomic E-state index is 14.0. The Hall–Kier alpha value is -3.97. The molecule has 0 bridgehead atoms. The summed E-state index contributed by atoms with van der Waals surface area (Å²) < 4.78 is 11.3. The fraction of sp³-hybridized carbons (Fsp3) is 0.605. The van der Waals surface area contributed by atoms with Crippen molar-refractivity contribution in [3.63, 3.8) is 0 Å². The predicted octanol–water partition coefficient (Wildman–Crippen LogP) is 6.36. The Morgan fingerprint density at radius 1 is 1.06 bits per heavy atom. The number of rotatable bonds is 13. The summed E-state index contributed by atoms with van der Waals surface area (Å²) in [7, 11) is 0. The summed E-state index contributed by atoms with van der Waals surface area (Å²) in [6.07, 6.45) is 3.17. The van der Waals surface area contributed by atoms with Crippen molar-refractivity contribution in [1.29, 1.82) is 0 Å². The van der Waals surface area contributed by atoms with Gasteiger partial charge < -0.3 is 35.0 Å². The minimum Gasteiger partial charge on any atom is -0.444 e. The molecule has 51 heavy (non-hydrogen) atoms. The van der Waals surface area contributed by atoms with Gasteiger partial charge in [-0.1, -0.05) is 43.3 Å². The lowest BCUT2D eigenvalue weighted by Crippen LogP contribution is -2.48. The summed E-state index contributed by atoms with van der Waals surface area (Å²) in [5.41, 5.74) is 4.46. The van der Waals surface area contributed by atoms with Crippen LogP contribution in [-0.4, -0.2) is 88.8 Å². The van der Waals surface area contributed by atoms with Crippen molar-refractivity contribution in [2.24, 2.45) is 11.8 Å². The highest BCUT2D eigenvalue weighted by Gasteiger charge is 2.40. The summed E-state index contributed by atoms with van der Waals surface area (Å²) in [4.78, 5) is 49.1. The Bertz CT molecular complexity index is 1610. The van der Waals surface area contributed by atoms with E-state index in [1.54, 1.807) is 22.3 Å². The largest absolute Gasteiger partial charge is 0.444 e. The molecule has 4 atom stereocenters. The molecule has 2 aliphatic heterocycles. The van der Waals surface area contributed by atoms with Gasteiger partial charge in [-0.2, -0.15) is 0 Å². The third-order valence-corrected chi connectivity index (χ3v) is 10.6. The Labute approximate surface area is 306 Å². The molecule has 2 aromatic heterocycles. The first-order valence-corrected chi connectivity index (χ1v) is 19.2. The molecule has 0 aliphatic carbocycles. The lowest BCUT2D eigenvalue weighted by molar-refractivity contribution is -0.141. The number of nitrogens with one attached hydrogen (secondary N) is 3. The number of hydrogen-bond acceptors (Lipinski definition) is 10. The van der Waals surface area contributed by atoms with Crippen LogP contribution in [0.5, 0.6) is 0 Å². The molecule has 5 rings (SSSR count). The summed E-state index contributed by atoms with van der Waals surface area (Å²) in [5, 5.41) is 14.1. The number of likely N-dealkylation sites (tertiary alicyclic amines) is 2. The third kappa shape index (κ3) is 10.1. The number of ether oxygens (including phenoxy) is 1. The van der Waals surface area contributed by atoms with Gasteiger partial charge in [0.2, 0.25) is 11.8 Å². The van der Waals surface area contributed by atoms with Crippen molar-refractivity contribution in [2.75, 3.05) is 44.6 Å². The first-order valence-electron chi connectivity index (χ1n) is 18.3. The number of amides is 3. The van der Waals surface area contributed by atoms with E-state index in [9.17, 15) is 14.4 Å². The monoisotopic (exact) mass is 721 g/mol. The lowest BCUT2D eigenvalue weighted by atomic mass is 9.91. The van der Waals surface area contributed by atoms with Gasteiger partial charge >= 0.3 is 6.09 Å². The number of aryl methyl sites for hydroxylation is 1. The maximum Gasteiger partial charge on any atom is 0.410 e. The highest BCUT2D eigenvalue weighted by molar-refractivity contribution is 7.13. The number of thiazole rings is 1. The molecule has 2 aliphatic rings. The van der Waals surface area contributed by atoms with Crippen LogP contribution in [0.4, 0.5) is 10.6 Å². The highest BCUT2D eigenvalue weighted by atomic mass is 32.1. The van der Waals surface area contributed by atoms with Crippen molar-refractivity contribution in [3.05, 3.63) is 52.9 Å². The molecule has 2 saturated heterocycles. The molecular weight excluding hydrogens is 667 g/mol. The second kappa shape index (κ2) is 17.0. The predicted molar refractivity (Wildman–Crippen MR) is 200 cm³/mol. The van der Waals surface area contributed by atoms with Gasteiger partial charge in [0.05, 0.1) is 22.1 Å². The molecule has 0 saturated carbocycles. The van der Waals surface area contributed by atoms with E-state index in [-0.39, 0.29) is 29.9 Å². The average molecular weight is 722 g/mol. The van der Waals surface area contributed by atoms with E-state index in [0.29, 0.717) is 50.1 Å². The molecule has 278 valence electrons. The molecule has 3 amide bonds. The normalized spacial score (nSPS) is 19.2. The van der Waals surface area contributed by atoms with Crippen molar-refractivity contribution in [2.45, 2.75) is 97.8 Å². The Morgan fingerprint density at radius 2 is 1.80 bits per heavy atom. The molecule has 0 unspecified atom stereocenters. The molecule has 0 radical (unpaired) electrons. The van der Waals surface area contributed by atoms with Gasteiger partial charge in [0.15, 0.2) is 11.6 Å². The second-order valence-electron chi connectivity index (χ2n) is 15.2. The van der Waals surface area contributed by atoms with Gasteiger partial charge in [0.1, 0.15) is 17.6 Å². The van der Waals surface area contributed by atoms with Gasteiger partial charge in [-0.25, -0.2) is 9.78 Å². The van der Waals surface area contributed by atoms with Crippen LogP contribution < -0.4 is 16.0 Å². The van der Waals surface area contributed by atoms with Gasteiger partial charge in [-0.05, 0) is 89.8 Å². The fourth-order valence-corrected chi connectivity index (χ4v) is 7.75. The molecule has 0 spiro atoms. The molecule has 3 aromatic rings. The minimum absolute atomic E-state index is 0.0559. The standard InChI is InChI=1S/C38H55N7O5S/c1-24(2)33(31-20-32(43-50-31)40-17-16-39-21-27-10-8-18-44(22-27)37(48)49-38(5,6)7)36(47)45-19-9-11-30(45)35(46)42-25(3)28-12-14-29(15-13-28)34-26(4)41-23-51-34/h12-15,20,23-25,27,30,33,39H,8-11,16-19,21-22H2,1-7H3,(H,40,43)(H,42,46)/t25-,27-,30-,33+/m0/s1. The lowest BCUT2D eigenvalue weighted by Gasteiger charge is -2.34. The second-order valence-corrected chi connectivity index (χ2v) is 16.1. The van der Waals surface area contributed by atoms with Gasteiger partial charge in [-0.3, -0.25) is 9.59 Å².